The van der Waals surface area contributed by atoms with Crippen molar-refractivity contribution < 1.29 is 0 Å². The molecule has 0 amide bonds. The van der Waals surface area contributed by atoms with Crippen molar-refractivity contribution in [3.8, 4) is 22.3 Å². The monoisotopic (exact) mass is 704 g/mol. The maximum Gasteiger partial charge on any atom is 0.0722 e. The number of hydrogen-bond acceptors (Lipinski definition) is 0. The number of fused-ring (bicyclic) bond motifs is 4. The van der Waals surface area contributed by atoms with Crippen molar-refractivity contribution in [1.82, 2.24) is 0 Å². The van der Waals surface area contributed by atoms with Crippen molar-refractivity contribution in [1.29, 1.82) is 0 Å². The Morgan fingerprint density at radius 2 is 0.774 bits per heavy atom. The summed E-state index contributed by atoms with van der Waals surface area (Å²) in [7, 11) is -2.13. The molecule has 0 spiro atoms. The molecule has 0 radical (unpaired) electrons. The molecule has 2 fully saturated rings. The van der Waals surface area contributed by atoms with E-state index in [9.17, 15) is 0 Å². The van der Waals surface area contributed by atoms with E-state index in [-0.39, 0.29) is 0 Å². The topological polar surface area (TPSA) is 0 Å². The Kier molecular flexibility index (Phi) is 8.40. The lowest BCUT2D eigenvalue weighted by molar-refractivity contribution is 0.394. The van der Waals surface area contributed by atoms with Gasteiger partial charge in [0.1, 0.15) is 0 Å². The zero-order chi connectivity index (χ0) is 35.5. The average molecular weight is 705 g/mol. The summed E-state index contributed by atoms with van der Waals surface area (Å²) in [5.41, 5.74) is 16.5. The van der Waals surface area contributed by atoms with Crippen molar-refractivity contribution in [2.24, 2.45) is 11.8 Å². The molecule has 0 saturated heterocycles. The fraction of sp³-hybridized carbons (Fsp3) is 0.308. The molecule has 53 heavy (non-hydrogen) atoms. The zero-order valence-electron chi connectivity index (χ0n) is 31.6. The highest BCUT2D eigenvalue weighted by Gasteiger charge is 2.51. The maximum atomic E-state index is 2.80. The fourth-order valence-corrected chi connectivity index (χ4v) is 16.4. The van der Waals surface area contributed by atoms with Crippen molar-refractivity contribution in [3.05, 3.63) is 155 Å². The third-order valence-electron chi connectivity index (χ3n) is 14.0. The SMILES string of the molecule is C[Si](C)(C1C(C2CCCCC2)=Cc2c(-c3cccc4ccccc34)cccc21)C1C(C2CCCCC2)=Cc2c(-c3cccc4ccccc34)cccc21. The van der Waals surface area contributed by atoms with Crippen molar-refractivity contribution in [2.75, 3.05) is 0 Å². The minimum absolute atomic E-state index is 0.514. The van der Waals surface area contributed by atoms with Crippen LogP contribution in [0, 0.1) is 11.8 Å². The number of rotatable bonds is 6. The van der Waals surface area contributed by atoms with E-state index in [4.69, 9.17) is 0 Å². The van der Waals surface area contributed by atoms with E-state index in [2.05, 4.69) is 147 Å². The minimum Gasteiger partial charge on any atom is -0.0679 e. The molecule has 6 aromatic carbocycles. The second-order valence-electron chi connectivity index (χ2n) is 17.3. The van der Waals surface area contributed by atoms with Crippen LogP contribution in [-0.4, -0.2) is 8.07 Å². The van der Waals surface area contributed by atoms with E-state index in [1.54, 1.807) is 22.3 Å². The molecule has 0 aromatic heterocycles. The Morgan fingerprint density at radius 1 is 0.396 bits per heavy atom. The highest BCUT2D eigenvalue weighted by molar-refractivity contribution is 6.81. The van der Waals surface area contributed by atoms with Gasteiger partial charge in [0.15, 0.2) is 0 Å². The van der Waals surface area contributed by atoms with E-state index in [0.29, 0.717) is 22.9 Å². The van der Waals surface area contributed by atoms with Crippen molar-refractivity contribution >= 4 is 41.8 Å². The van der Waals surface area contributed by atoms with E-state index < -0.39 is 8.07 Å². The van der Waals surface area contributed by atoms with Gasteiger partial charge in [0.2, 0.25) is 0 Å². The molecule has 2 saturated carbocycles. The summed E-state index contributed by atoms with van der Waals surface area (Å²) >= 11 is 0. The zero-order valence-corrected chi connectivity index (χ0v) is 32.6. The number of benzene rings is 6. The van der Waals surface area contributed by atoms with Crippen LogP contribution in [-0.2, 0) is 0 Å². The minimum atomic E-state index is -2.13. The highest BCUT2D eigenvalue weighted by Crippen LogP contribution is 2.59. The molecule has 1 heteroatoms. The van der Waals surface area contributed by atoms with Crippen molar-refractivity contribution in [2.45, 2.75) is 88.4 Å². The first-order valence-corrected chi connectivity index (χ1v) is 23.9. The van der Waals surface area contributed by atoms with Gasteiger partial charge in [-0.1, -0.05) is 196 Å². The molecule has 0 N–H and O–H groups in total. The molecule has 4 aliphatic carbocycles. The molecule has 6 aromatic rings. The highest BCUT2D eigenvalue weighted by atomic mass is 28.3. The molecular formula is C52H52Si. The quantitative estimate of drug-likeness (QED) is 0.151. The lowest BCUT2D eigenvalue weighted by Gasteiger charge is -2.44. The molecule has 2 atom stereocenters. The Balaban J connectivity index is 1.16. The largest absolute Gasteiger partial charge is 0.0722 e. The summed E-state index contributed by atoms with van der Waals surface area (Å²) in [6.07, 6.45) is 19.2. The van der Waals surface area contributed by atoms with Gasteiger partial charge in [-0.3, -0.25) is 0 Å². The molecule has 4 aliphatic rings. The summed E-state index contributed by atoms with van der Waals surface area (Å²) in [6, 6.07) is 46.5. The predicted molar refractivity (Wildman–Crippen MR) is 231 cm³/mol. The summed E-state index contributed by atoms with van der Waals surface area (Å²) in [5.74, 6) is 1.39. The third-order valence-corrected chi connectivity index (χ3v) is 18.3. The normalized spacial score (nSPS) is 20.7. The van der Waals surface area contributed by atoms with Crippen LogP contribution in [0.15, 0.2) is 132 Å². The Hall–Kier alpha value is -4.46. The summed E-state index contributed by atoms with van der Waals surface area (Å²) in [5, 5.41) is 5.39. The van der Waals surface area contributed by atoms with Gasteiger partial charge in [0, 0.05) is 11.1 Å². The van der Waals surface area contributed by atoms with Gasteiger partial charge in [-0.15, -0.1) is 0 Å². The molecule has 0 aliphatic heterocycles. The lowest BCUT2D eigenvalue weighted by atomic mass is 9.82. The lowest BCUT2D eigenvalue weighted by Crippen LogP contribution is -2.44. The molecule has 0 nitrogen and oxygen atoms in total. The maximum absolute atomic E-state index is 2.80. The standard InChI is InChI=1S/C52H52Si/c1-53(2,51-45-31-15-29-43(41-27-13-23-35-21-9-11-25-39(35)41)49(45)33-47(51)37-17-5-3-6-18-37)52-46-32-16-30-44(42-28-14-24-36-22-10-12-26-40(36)42)50(46)34-48(52)38-19-7-4-8-20-38/h9-16,21-34,37-38,51-52H,3-8,17-20H2,1-2H3. The summed E-state index contributed by atoms with van der Waals surface area (Å²) in [4.78, 5) is 0. The third kappa shape index (κ3) is 5.53. The first-order valence-electron chi connectivity index (χ1n) is 20.7. The van der Waals surface area contributed by atoms with Gasteiger partial charge in [0.25, 0.3) is 0 Å². The number of hydrogen-bond donors (Lipinski definition) is 0. The van der Waals surface area contributed by atoms with Gasteiger partial charge in [-0.2, -0.15) is 0 Å². The second-order valence-corrected chi connectivity index (χ2v) is 22.1. The second kappa shape index (κ2) is 13.4. The van der Waals surface area contributed by atoms with Crippen LogP contribution < -0.4 is 0 Å². The van der Waals surface area contributed by atoms with E-state index >= 15 is 0 Å². The van der Waals surface area contributed by atoms with Crippen molar-refractivity contribution in [3.63, 3.8) is 0 Å². The van der Waals surface area contributed by atoms with Crippen LogP contribution in [0.3, 0.4) is 0 Å². The van der Waals surface area contributed by atoms with Crippen LogP contribution in [0.5, 0.6) is 0 Å². The van der Waals surface area contributed by atoms with Crippen LogP contribution >= 0.6 is 0 Å². The Bertz CT molecular complexity index is 2230. The first kappa shape index (κ1) is 33.1. The Labute approximate surface area is 317 Å². The van der Waals surface area contributed by atoms with Crippen LogP contribution in [0.1, 0.15) is 97.5 Å². The van der Waals surface area contributed by atoms with E-state index in [1.807, 2.05) is 0 Å². The number of allylic oxidation sites excluding steroid dienone is 2. The molecule has 10 rings (SSSR count). The summed E-state index contributed by atoms with van der Waals surface area (Å²) < 4.78 is 0. The first-order chi connectivity index (χ1) is 26.1. The van der Waals surface area contributed by atoms with Gasteiger partial charge in [0.05, 0.1) is 8.07 Å². The fourth-order valence-electron chi connectivity index (χ4n) is 11.6. The predicted octanol–water partition coefficient (Wildman–Crippen LogP) is 14.9. The smallest absolute Gasteiger partial charge is 0.0679 e. The average Bonchev–Trinajstić information content (AvgIpc) is 3.82. The summed E-state index contributed by atoms with van der Waals surface area (Å²) in [6.45, 7) is 5.60. The molecule has 264 valence electrons. The molecule has 0 bridgehead atoms. The van der Waals surface area contributed by atoms with E-state index in [1.165, 1.54) is 119 Å². The van der Waals surface area contributed by atoms with Crippen LogP contribution in [0.25, 0.3) is 56.0 Å². The van der Waals surface area contributed by atoms with Gasteiger partial charge in [-0.05, 0) is 104 Å². The van der Waals surface area contributed by atoms with Gasteiger partial charge >= 0.3 is 0 Å². The molecular weight excluding hydrogens is 653 g/mol. The van der Waals surface area contributed by atoms with Gasteiger partial charge in [-0.25, -0.2) is 0 Å². The van der Waals surface area contributed by atoms with E-state index in [0.717, 1.165) is 0 Å². The van der Waals surface area contributed by atoms with Crippen LogP contribution in [0.4, 0.5) is 0 Å². The molecule has 2 unspecified atom stereocenters. The van der Waals surface area contributed by atoms with Gasteiger partial charge < -0.3 is 0 Å². The Morgan fingerprint density at radius 3 is 1.23 bits per heavy atom. The van der Waals surface area contributed by atoms with Crippen LogP contribution in [0.2, 0.25) is 13.1 Å². The molecule has 0 heterocycles.